The lowest BCUT2D eigenvalue weighted by Gasteiger charge is -2.13. The Hall–Kier alpha value is -1.56. The summed E-state index contributed by atoms with van der Waals surface area (Å²) in [5.41, 5.74) is -0.518. The van der Waals surface area contributed by atoms with Gasteiger partial charge in [0.2, 0.25) is 0 Å². The Morgan fingerprint density at radius 1 is 1.35 bits per heavy atom. The fourth-order valence-electron chi connectivity index (χ4n) is 1.38. The zero-order valence-electron chi connectivity index (χ0n) is 8.99. The number of alkyl halides is 3. The van der Waals surface area contributed by atoms with Crippen molar-refractivity contribution in [2.24, 2.45) is 0 Å². The van der Waals surface area contributed by atoms with Crippen molar-refractivity contribution >= 4 is 5.97 Å². The monoisotopic (exact) mass is 248 g/mol. The Labute approximate surface area is 95.8 Å². The van der Waals surface area contributed by atoms with Gasteiger partial charge in [0.05, 0.1) is 12.2 Å². The molecule has 0 bridgehead atoms. The Morgan fingerprint density at radius 2 is 1.88 bits per heavy atom. The molecular formula is C11H11F3O3. The van der Waals surface area contributed by atoms with Crippen molar-refractivity contribution in [3.05, 3.63) is 35.4 Å². The Bertz CT molecular complexity index is 384. The van der Waals surface area contributed by atoms with E-state index in [1.54, 1.807) is 0 Å². The third-order valence-corrected chi connectivity index (χ3v) is 2.27. The fraction of sp³-hybridized carbons (Fsp3) is 0.364. The summed E-state index contributed by atoms with van der Waals surface area (Å²) in [6.45, 7) is -0.0826. The van der Waals surface area contributed by atoms with Crippen LogP contribution in [0.1, 0.15) is 17.0 Å². The molecule has 0 heterocycles. The number of carbonyl (C=O) groups is 1. The van der Waals surface area contributed by atoms with Gasteiger partial charge in [-0.1, -0.05) is 12.1 Å². The van der Waals surface area contributed by atoms with Crippen molar-refractivity contribution < 1.29 is 27.8 Å². The molecule has 0 saturated carbocycles. The molecule has 0 aliphatic heterocycles. The molecule has 0 aliphatic carbocycles. The van der Waals surface area contributed by atoms with Gasteiger partial charge in [0.25, 0.3) is 0 Å². The molecule has 1 unspecified atom stereocenters. The van der Waals surface area contributed by atoms with E-state index >= 15 is 0 Å². The topological polar surface area (TPSA) is 46.5 Å². The first-order chi connectivity index (χ1) is 7.86. The minimum absolute atomic E-state index is 0.0826. The number of benzene rings is 1. The first kappa shape index (κ1) is 13.5. The van der Waals surface area contributed by atoms with Crippen molar-refractivity contribution in [3.8, 4) is 0 Å². The highest BCUT2D eigenvalue weighted by molar-refractivity contribution is 5.76. The fourth-order valence-corrected chi connectivity index (χ4v) is 1.38. The number of methoxy groups -OCH3 is 1. The molecule has 0 radical (unpaired) electrons. The molecule has 6 heteroatoms. The van der Waals surface area contributed by atoms with Crippen LogP contribution < -0.4 is 0 Å². The van der Waals surface area contributed by atoms with Gasteiger partial charge in [0.15, 0.2) is 0 Å². The molecule has 0 fully saturated rings. The minimum atomic E-state index is -4.42. The van der Waals surface area contributed by atoms with E-state index in [4.69, 9.17) is 9.84 Å². The third-order valence-electron chi connectivity index (χ3n) is 2.27. The molecule has 0 spiro atoms. The molecule has 0 aromatic heterocycles. The van der Waals surface area contributed by atoms with Gasteiger partial charge >= 0.3 is 12.1 Å². The average molecular weight is 248 g/mol. The minimum Gasteiger partial charge on any atom is -0.481 e. The van der Waals surface area contributed by atoms with Crippen LogP contribution in [0.5, 0.6) is 0 Å². The molecule has 0 aliphatic rings. The Morgan fingerprint density at radius 3 is 2.24 bits per heavy atom. The predicted molar refractivity (Wildman–Crippen MR) is 53.7 cm³/mol. The maximum atomic E-state index is 12.3. The predicted octanol–water partition coefficient (Wildman–Crippen LogP) is 2.52. The van der Waals surface area contributed by atoms with Gasteiger partial charge in [0.1, 0.15) is 5.92 Å². The van der Waals surface area contributed by atoms with E-state index in [1.165, 1.54) is 7.11 Å². The zero-order chi connectivity index (χ0) is 13.1. The number of ether oxygens (including phenoxy) is 1. The molecule has 94 valence electrons. The summed E-state index contributed by atoms with van der Waals surface area (Å²) >= 11 is 0. The maximum Gasteiger partial charge on any atom is 0.416 e. The number of carboxylic acids is 1. The summed E-state index contributed by atoms with van der Waals surface area (Å²) in [6, 6.07) is 4.03. The maximum absolute atomic E-state index is 12.3. The number of hydrogen-bond acceptors (Lipinski definition) is 2. The normalized spacial score (nSPS) is 13.4. The standard InChI is InChI=1S/C11H11F3O3/c1-17-6-9(10(15)16)7-2-4-8(5-3-7)11(12,13)14/h2-5,9H,6H2,1H3,(H,15,16). The van der Waals surface area contributed by atoms with Crippen LogP contribution >= 0.6 is 0 Å². The quantitative estimate of drug-likeness (QED) is 0.890. The Balaban J connectivity index is 2.96. The van der Waals surface area contributed by atoms with Crippen LogP contribution in [0.4, 0.5) is 13.2 Å². The van der Waals surface area contributed by atoms with E-state index in [0.29, 0.717) is 0 Å². The summed E-state index contributed by atoms with van der Waals surface area (Å²) in [7, 11) is 1.33. The van der Waals surface area contributed by atoms with Crippen molar-refractivity contribution in [2.45, 2.75) is 12.1 Å². The average Bonchev–Trinajstić information content (AvgIpc) is 2.24. The van der Waals surface area contributed by atoms with Crippen LogP contribution in [0.15, 0.2) is 24.3 Å². The molecule has 0 amide bonds. The van der Waals surface area contributed by atoms with Crippen LogP contribution in [0, 0.1) is 0 Å². The van der Waals surface area contributed by atoms with Gasteiger partial charge in [0, 0.05) is 7.11 Å². The number of aliphatic carboxylic acids is 1. The number of halogens is 3. The van der Waals surface area contributed by atoms with Gasteiger partial charge < -0.3 is 9.84 Å². The van der Waals surface area contributed by atoms with Crippen LogP contribution in [-0.4, -0.2) is 24.8 Å². The highest BCUT2D eigenvalue weighted by Crippen LogP contribution is 2.30. The SMILES string of the molecule is COCC(C(=O)O)c1ccc(C(F)(F)F)cc1. The van der Waals surface area contributed by atoms with Gasteiger partial charge in [-0.15, -0.1) is 0 Å². The van der Waals surface area contributed by atoms with E-state index in [9.17, 15) is 18.0 Å². The van der Waals surface area contributed by atoms with E-state index in [1.807, 2.05) is 0 Å². The summed E-state index contributed by atoms with van der Waals surface area (Å²) in [5.74, 6) is -2.09. The molecular weight excluding hydrogens is 237 g/mol. The first-order valence-electron chi connectivity index (χ1n) is 4.75. The molecule has 1 N–H and O–H groups in total. The molecule has 1 atom stereocenters. The van der Waals surface area contributed by atoms with Crippen LogP contribution in [-0.2, 0) is 15.7 Å². The number of rotatable bonds is 4. The van der Waals surface area contributed by atoms with Gasteiger partial charge in [-0.2, -0.15) is 13.2 Å². The molecule has 0 saturated heterocycles. The second-order valence-corrected chi connectivity index (χ2v) is 3.47. The second kappa shape index (κ2) is 5.18. The summed E-state index contributed by atoms with van der Waals surface area (Å²) in [4.78, 5) is 10.9. The third kappa shape index (κ3) is 3.45. The Kier molecular flexibility index (Phi) is 4.11. The van der Waals surface area contributed by atoms with Crippen molar-refractivity contribution in [3.63, 3.8) is 0 Å². The lowest BCUT2D eigenvalue weighted by Crippen LogP contribution is -2.17. The van der Waals surface area contributed by atoms with Crippen molar-refractivity contribution in [1.82, 2.24) is 0 Å². The second-order valence-electron chi connectivity index (χ2n) is 3.47. The van der Waals surface area contributed by atoms with Crippen LogP contribution in [0.3, 0.4) is 0 Å². The van der Waals surface area contributed by atoms with Gasteiger partial charge in [-0.05, 0) is 17.7 Å². The largest absolute Gasteiger partial charge is 0.481 e. The van der Waals surface area contributed by atoms with E-state index < -0.39 is 23.6 Å². The van der Waals surface area contributed by atoms with Crippen molar-refractivity contribution in [2.75, 3.05) is 13.7 Å². The summed E-state index contributed by atoms with van der Waals surface area (Å²) < 4.78 is 41.6. The van der Waals surface area contributed by atoms with E-state index in [0.717, 1.165) is 24.3 Å². The summed E-state index contributed by atoms with van der Waals surface area (Å²) in [5, 5.41) is 8.88. The lowest BCUT2D eigenvalue weighted by atomic mass is 9.99. The number of carboxylic acid groups (broad SMARTS) is 1. The summed E-state index contributed by atoms with van der Waals surface area (Å²) in [6.07, 6.45) is -4.42. The molecule has 1 aromatic rings. The molecule has 1 aromatic carbocycles. The van der Waals surface area contributed by atoms with Gasteiger partial charge in [-0.25, -0.2) is 0 Å². The highest BCUT2D eigenvalue weighted by atomic mass is 19.4. The van der Waals surface area contributed by atoms with E-state index in [2.05, 4.69) is 0 Å². The molecule has 3 nitrogen and oxygen atoms in total. The number of hydrogen-bond donors (Lipinski definition) is 1. The zero-order valence-corrected chi connectivity index (χ0v) is 8.99. The smallest absolute Gasteiger partial charge is 0.416 e. The van der Waals surface area contributed by atoms with Crippen molar-refractivity contribution in [1.29, 1.82) is 0 Å². The molecule has 1 rings (SSSR count). The van der Waals surface area contributed by atoms with Crippen LogP contribution in [0.2, 0.25) is 0 Å². The van der Waals surface area contributed by atoms with Crippen LogP contribution in [0.25, 0.3) is 0 Å². The first-order valence-corrected chi connectivity index (χ1v) is 4.75. The lowest BCUT2D eigenvalue weighted by molar-refractivity contribution is -0.140. The van der Waals surface area contributed by atoms with E-state index in [-0.39, 0.29) is 12.2 Å². The van der Waals surface area contributed by atoms with Gasteiger partial charge in [-0.3, -0.25) is 4.79 Å². The molecule has 17 heavy (non-hydrogen) atoms. The highest BCUT2D eigenvalue weighted by Gasteiger charge is 2.30.